The maximum Gasteiger partial charge on any atom is 0.141 e. The topological polar surface area (TPSA) is 25.4 Å². The fourth-order valence-electron chi connectivity index (χ4n) is 2.16. The largest absolute Gasteiger partial charge is 0.381 e. The molecule has 1 saturated heterocycles. The Kier molecular flexibility index (Phi) is 4.18. The minimum absolute atomic E-state index is 0.282. The molecule has 17 heavy (non-hydrogen) atoms. The Morgan fingerprint density at radius 3 is 2.82 bits per heavy atom. The number of hydrogen-bond donors (Lipinski definition) is 0. The van der Waals surface area contributed by atoms with Gasteiger partial charge in [0, 0.05) is 25.8 Å². The Hall–Kier alpha value is -0.870. The molecular formula is C12H16ClFN2O. The highest BCUT2D eigenvalue weighted by Gasteiger charge is 2.21. The molecular weight excluding hydrogens is 243 g/mol. The molecule has 2 heterocycles. The van der Waals surface area contributed by atoms with Gasteiger partial charge in [-0.2, -0.15) is 0 Å². The fourth-order valence-corrected chi connectivity index (χ4v) is 2.36. The van der Waals surface area contributed by atoms with Crippen molar-refractivity contribution in [2.24, 2.45) is 0 Å². The van der Waals surface area contributed by atoms with Gasteiger partial charge in [-0.25, -0.2) is 9.37 Å². The van der Waals surface area contributed by atoms with Crippen LogP contribution in [-0.4, -0.2) is 31.3 Å². The molecule has 0 aliphatic carbocycles. The zero-order valence-electron chi connectivity index (χ0n) is 9.83. The van der Waals surface area contributed by atoms with Crippen molar-refractivity contribution in [3.63, 3.8) is 0 Å². The van der Waals surface area contributed by atoms with E-state index in [9.17, 15) is 4.39 Å². The summed E-state index contributed by atoms with van der Waals surface area (Å²) in [5.41, 5.74) is 0.752. The van der Waals surface area contributed by atoms with Gasteiger partial charge in [0.1, 0.15) is 11.6 Å². The van der Waals surface area contributed by atoms with Gasteiger partial charge in [0.15, 0.2) is 0 Å². The van der Waals surface area contributed by atoms with E-state index in [1.165, 1.54) is 12.3 Å². The van der Waals surface area contributed by atoms with Gasteiger partial charge in [-0.05, 0) is 18.9 Å². The van der Waals surface area contributed by atoms with Crippen LogP contribution in [0.2, 0.25) is 0 Å². The quantitative estimate of drug-likeness (QED) is 0.780. The van der Waals surface area contributed by atoms with Crippen molar-refractivity contribution in [1.82, 2.24) is 4.98 Å². The number of pyridine rings is 1. The molecule has 0 spiro atoms. The predicted molar refractivity (Wildman–Crippen MR) is 66.0 cm³/mol. The van der Waals surface area contributed by atoms with E-state index in [1.807, 2.05) is 0 Å². The molecule has 1 aromatic heterocycles. The molecule has 0 atom stereocenters. The molecule has 94 valence electrons. The predicted octanol–water partition coefficient (Wildman–Crippen LogP) is 2.57. The van der Waals surface area contributed by atoms with Crippen molar-refractivity contribution in [3.8, 4) is 0 Å². The molecule has 1 aromatic rings. The number of rotatable bonds is 3. The third-order valence-corrected chi connectivity index (χ3v) is 3.42. The number of nitrogens with zero attached hydrogens (tertiary/aromatic N) is 2. The number of halogens is 2. The zero-order valence-corrected chi connectivity index (χ0v) is 10.6. The first-order valence-electron chi connectivity index (χ1n) is 5.72. The van der Waals surface area contributed by atoms with Gasteiger partial charge in [0.25, 0.3) is 0 Å². The summed E-state index contributed by atoms with van der Waals surface area (Å²) in [6.45, 7) is 1.75. The standard InChI is InChI=1S/C12H16ClFN2O/c1-17-11-2-4-16(5-3-11)12-9(7-13)6-10(14)8-15-12/h6,8,11H,2-5,7H2,1H3. The van der Waals surface area contributed by atoms with E-state index in [1.54, 1.807) is 7.11 Å². The van der Waals surface area contributed by atoms with Gasteiger partial charge >= 0.3 is 0 Å². The Labute approximate surface area is 106 Å². The average Bonchev–Trinajstić information content (AvgIpc) is 2.39. The van der Waals surface area contributed by atoms with Crippen LogP contribution in [0.1, 0.15) is 18.4 Å². The first kappa shape index (κ1) is 12.6. The third kappa shape index (κ3) is 2.87. The van der Waals surface area contributed by atoms with Crippen LogP contribution < -0.4 is 4.90 Å². The second-order valence-electron chi connectivity index (χ2n) is 4.19. The second kappa shape index (κ2) is 5.65. The number of alkyl halides is 1. The Balaban J connectivity index is 2.12. The molecule has 1 aliphatic rings. The number of piperidine rings is 1. The van der Waals surface area contributed by atoms with Crippen molar-refractivity contribution in [1.29, 1.82) is 0 Å². The molecule has 1 fully saturated rings. The van der Waals surface area contributed by atoms with Crippen LogP contribution >= 0.6 is 11.6 Å². The lowest BCUT2D eigenvalue weighted by Crippen LogP contribution is -2.37. The van der Waals surface area contributed by atoms with E-state index in [4.69, 9.17) is 16.3 Å². The Morgan fingerprint density at radius 1 is 1.53 bits per heavy atom. The third-order valence-electron chi connectivity index (χ3n) is 3.13. The smallest absolute Gasteiger partial charge is 0.141 e. The summed E-state index contributed by atoms with van der Waals surface area (Å²) in [7, 11) is 1.74. The molecule has 0 amide bonds. The van der Waals surface area contributed by atoms with Crippen LogP contribution in [0.25, 0.3) is 0 Å². The summed E-state index contributed by atoms with van der Waals surface area (Å²) in [5, 5.41) is 0. The van der Waals surface area contributed by atoms with E-state index < -0.39 is 0 Å². The van der Waals surface area contributed by atoms with E-state index >= 15 is 0 Å². The lowest BCUT2D eigenvalue weighted by Gasteiger charge is -2.33. The molecule has 0 unspecified atom stereocenters. The number of methoxy groups -OCH3 is 1. The monoisotopic (exact) mass is 258 g/mol. The van der Waals surface area contributed by atoms with Gasteiger partial charge in [0.2, 0.25) is 0 Å². The van der Waals surface area contributed by atoms with Crippen molar-refractivity contribution >= 4 is 17.4 Å². The van der Waals surface area contributed by atoms with Gasteiger partial charge in [-0.3, -0.25) is 0 Å². The number of anilines is 1. The fraction of sp³-hybridized carbons (Fsp3) is 0.583. The number of hydrogen-bond acceptors (Lipinski definition) is 3. The SMILES string of the molecule is COC1CCN(c2ncc(F)cc2CCl)CC1. The number of ether oxygens (including phenoxy) is 1. The molecule has 1 aliphatic heterocycles. The van der Waals surface area contributed by atoms with Gasteiger partial charge in [0.05, 0.1) is 18.2 Å². The lowest BCUT2D eigenvalue weighted by molar-refractivity contribution is 0.0817. The highest BCUT2D eigenvalue weighted by atomic mass is 35.5. The van der Waals surface area contributed by atoms with E-state index in [2.05, 4.69) is 9.88 Å². The van der Waals surface area contributed by atoms with Crippen LogP contribution in [0.3, 0.4) is 0 Å². The van der Waals surface area contributed by atoms with Crippen molar-refractivity contribution in [2.45, 2.75) is 24.8 Å². The molecule has 0 radical (unpaired) electrons. The number of aromatic nitrogens is 1. The van der Waals surface area contributed by atoms with Crippen LogP contribution in [0.4, 0.5) is 10.2 Å². The normalized spacial score (nSPS) is 17.5. The maximum absolute atomic E-state index is 13.1. The van der Waals surface area contributed by atoms with Gasteiger partial charge in [-0.1, -0.05) is 0 Å². The highest BCUT2D eigenvalue weighted by molar-refractivity contribution is 6.17. The Morgan fingerprint density at radius 2 is 2.24 bits per heavy atom. The second-order valence-corrected chi connectivity index (χ2v) is 4.46. The molecule has 2 rings (SSSR count). The van der Waals surface area contributed by atoms with Crippen LogP contribution in [0.5, 0.6) is 0 Å². The van der Waals surface area contributed by atoms with Crippen molar-refractivity contribution in [2.75, 3.05) is 25.1 Å². The molecule has 0 bridgehead atoms. The first-order chi connectivity index (χ1) is 8.24. The summed E-state index contributed by atoms with van der Waals surface area (Å²) < 4.78 is 18.4. The van der Waals surface area contributed by atoms with Crippen molar-refractivity contribution < 1.29 is 9.13 Å². The summed E-state index contributed by atoms with van der Waals surface area (Å²) in [6.07, 6.45) is 3.51. The summed E-state index contributed by atoms with van der Waals surface area (Å²) >= 11 is 5.82. The van der Waals surface area contributed by atoms with Crippen LogP contribution in [0, 0.1) is 5.82 Å². The van der Waals surface area contributed by atoms with E-state index in [0.29, 0.717) is 6.10 Å². The molecule has 5 heteroatoms. The highest BCUT2D eigenvalue weighted by Crippen LogP contribution is 2.24. The Bertz CT molecular complexity index is 381. The van der Waals surface area contributed by atoms with Crippen LogP contribution in [0.15, 0.2) is 12.3 Å². The van der Waals surface area contributed by atoms with Gasteiger partial charge < -0.3 is 9.64 Å². The van der Waals surface area contributed by atoms with E-state index in [-0.39, 0.29) is 11.7 Å². The molecule has 0 saturated carbocycles. The van der Waals surface area contributed by atoms with Crippen LogP contribution in [-0.2, 0) is 10.6 Å². The van der Waals surface area contributed by atoms with E-state index in [0.717, 1.165) is 37.3 Å². The summed E-state index contributed by atoms with van der Waals surface area (Å²) in [6, 6.07) is 1.46. The molecule has 3 nitrogen and oxygen atoms in total. The minimum Gasteiger partial charge on any atom is -0.381 e. The molecule has 0 N–H and O–H groups in total. The first-order valence-corrected chi connectivity index (χ1v) is 6.26. The summed E-state index contributed by atoms with van der Waals surface area (Å²) in [5.74, 6) is 0.747. The van der Waals surface area contributed by atoms with Gasteiger partial charge in [-0.15, -0.1) is 11.6 Å². The maximum atomic E-state index is 13.1. The molecule has 0 aromatic carbocycles. The minimum atomic E-state index is -0.337. The lowest BCUT2D eigenvalue weighted by atomic mass is 10.1. The summed E-state index contributed by atoms with van der Waals surface area (Å²) in [4.78, 5) is 6.29. The van der Waals surface area contributed by atoms with Crippen molar-refractivity contribution in [3.05, 3.63) is 23.6 Å². The average molecular weight is 259 g/mol. The zero-order chi connectivity index (χ0) is 12.3.